The van der Waals surface area contributed by atoms with E-state index in [4.69, 9.17) is 5.73 Å². The Bertz CT molecular complexity index is 834. The predicted octanol–water partition coefficient (Wildman–Crippen LogP) is 0.788. The summed E-state index contributed by atoms with van der Waals surface area (Å²) < 4.78 is 24.3. The zero-order chi connectivity index (χ0) is 16.4. The fraction of sp³-hybridized carbons (Fsp3) is 0.133. The number of para-hydroxylation sites is 1. The Balaban J connectivity index is 1.69. The summed E-state index contributed by atoms with van der Waals surface area (Å²) in [6, 6.07) is 13.1. The molecule has 7 nitrogen and oxygen atoms in total. The summed E-state index contributed by atoms with van der Waals surface area (Å²) in [6.07, 6.45) is 0. The zero-order valence-corrected chi connectivity index (χ0v) is 12.9. The zero-order valence-electron chi connectivity index (χ0n) is 12.1. The number of nitrogen functional groups attached to an aromatic ring is 1. The van der Waals surface area contributed by atoms with Crippen LogP contribution in [0.2, 0.25) is 0 Å². The summed E-state index contributed by atoms with van der Waals surface area (Å²) in [5.41, 5.74) is 9.99. The maximum Gasteiger partial charge on any atom is 0.257 e. The molecular formula is C15H16N4O3S. The van der Waals surface area contributed by atoms with Gasteiger partial charge in [0.15, 0.2) is 0 Å². The number of hydrogen-bond donors (Lipinski definition) is 4. The SMILES string of the molecule is Nc1ccc(S(=O)(=O)NNC(=O)C2CNc3ccccc32)cc1. The molecule has 1 aliphatic heterocycles. The van der Waals surface area contributed by atoms with Crippen LogP contribution in [-0.4, -0.2) is 20.9 Å². The van der Waals surface area contributed by atoms with E-state index >= 15 is 0 Å². The standard InChI is InChI=1S/C15H16N4O3S/c16-10-5-7-11(8-6-10)23(21,22)19-18-15(20)13-9-17-14-4-2-1-3-12(13)14/h1-8,13,17,19H,9,16H2,(H,18,20). The first kappa shape index (κ1) is 15.3. The molecule has 2 aromatic rings. The first-order chi connectivity index (χ1) is 11.0. The molecule has 1 atom stereocenters. The third-order valence-corrected chi connectivity index (χ3v) is 4.91. The summed E-state index contributed by atoms with van der Waals surface area (Å²) >= 11 is 0. The van der Waals surface area contributed by atoms with Crippen molar-refractivity contribution in [1.82, 2.24) is 10.3 Å². The number of anilines is 2. The molecule has 8 heteroatoms. The van der Waals surface area contributed by atoms with Gasteiger partial charge in [-0.15, -0.1) is 4.83 Å². The van der Waals surface area contributed by atoms with Crippen molar-refractivity contribution in [2.24, 2.45) is 0 Å². The molecule has 3 rings (SSSR count). The fourth-order valence-corrected chi connectivity index (χ4v) is 3.28. The van der Waals surface area contributed by atoms with Gasteiger partial charge in [-0.25, -0.2) is 8.42 Å². The summed E-state index contributed by atoms with van der Waals surface area (Å²) in [5, 5.41) is 3.11. The summed E-state index contributed by atoms with van der Waals surface area (Å²) in [5.74, 6) is -0.859. The minimum Gasteiger partial charge on any atom is -0.399 e. The Morgan fingerprint density at radius 3 is 2.57 bits per heavy atom. The summed E-state index contributed by atoms with van der Waals surface area (Å²) in [7, 11) is -3.84. The number of rotatable bonds is 4. The van der Waals surface area contributed by atoms with Gasteiger partial charge in [0, 0.05) is 17.9 Å². The van der Waals surface area contributed by atoms with Crippen LogP contribution in [0.25, 0.3) is 0 Å². The highest BCUT2D eigenvalue weighted by atomic mass is 32.2. The molecule has 2 aromatic carbocycles. The Labute approximate surface area is 133 Å². The first-order valence-electron chi connectivity index (χ1n) is 6.97. The molecule has 0 radical (unpaired) electrons. The van der Waals surface area contributed by atoms with Crippen molar-refractivity contribution in [2.75, 3.05) is 17.6 Å². The van der Waals surface area contributed by atoms with Crippen molar-refractivity contribution in [3.8, 4) is 0 Å². The molecule has 5 N–H and O–H groups in total. The van der Waals surface area contributed by atoms with Crippen molar-refractivity contribution in [2.45, 2.75) is 10.8 Å². The number of nitrogens with one attached hydrogen (secondary N) is 3. The lowest BCUT2D eigenvalue weighted by Crippen LogP contribution is -2.44. The van der Waals surface area contributed by atoms with Crippen molar-refractivity contribution < 1.29 is 13.2 Å². The van der Waals surface area contributed by atoms with Crippen LogP contribution in [0.15, 0.2) is 53.4 Å². The number of benzene rings is 2. The van der Waals surface area contributed by atoms with E-state index in [1.54, 1.807) is 0 Å². The van der Waals surface area contributed by atoms with Crippen molar-refractivity contribution in [3.63, 3.8) is 0 Å². The van der Waals surface area contributed by atoms with E-state index in [9.17, 15) is 13.2 Å². The van der Waals surface area contributed by atoms with Crippen LogP contribution in [0.3, 0.4) is 0 Å². The van der Waals surface area contributed by atoms with Gasteiger partial charge in [0.1, 0.15) is 0 Å². The van der Waals surface area contributed by atoms with Crippen LogP contribution in [0.5, 0.6) is 0 Å². The maximum atomic E-state index is 12.2. The van der Waals surface area contributed by atoms with E-state index in [1.807, 2.05) is 24.3 Å². The van der Waals surface area contributed by atoms with Gasteiger partial charge < -0.3 is 11.1 Å². The molecule has 1 aliphatic rings. The molecule has 0 saturated heterocycles. The number of fused-ring (bicyclic) bond motifs is 1. The third-order valence-electron chi connectivity index (χ3n) is 3.65. The van der Waals surface area contributed by atoms with Gasteiger partial charge in [0.25, 0.3) is 10.0 Å². The molecule has 1 unspecified atom stereocenters. The van der Waals surface area contributed by atoms with Crippen molar-refractivity contribution in [1.29, 1.82) is 0 Å². The van der Waals surface area contributed by atoms with Gasteiger partial charge in [0.2, 0.25) is 5.91 Å². The minimum absolute atomic E-state index is 0.0250. The van der Waals surface area contributed by atoms with E-state index in [1.165, 1.54) is 24.3 Å². The molecule has 0 bridgehead atoms. The van der Waals surface area contributed by atoms with Gasteiger partial charge in [-0.1, -0.05) is 18.2 Å². The number of hydrogen-bond acceptors (Lipinski definition) is 5. The van der Waals surface area contributed by atoms with E-state index in [0.29, 0.717) is 12.2 Å². The van der Waals surface area contributed by atoms with Crippen LogP contribution in [-0.2, 0) is 14.8 Å². The Hall–Kier alpha value is -2.58. The Kier molecular flexibility index (Phi) is 3.93. The second-order valence-electron chi connectivity index (χ2n) is 5.18. The molecule has 0 aliphatic carbocycles. The molecule has 23 heavy (non-hydrogen) atoms. The average Bonchev–Trinajstić information content (AvgIpc) is 2.97. The van der Waals surface area contributed by atoms with Crippen molar-refractivity contribution in [3.05, 3.63) is 54.1 Å². The Morgan fingerprint density at radius 2 is 1.83 bits per heavy atom. The van der Waals surface area contributed by atoms with Gasteiger partial charge >= 0.3 is 0 Å². The quantitative estimate of drug-likeness (QED) is 0.488. The minimum atomic E-state index is -3.84. The van der Waals surface area contributed by atoms with E-state index in [-0.39, 0.29) is 4.90 Å². The maximum absolute atomic E-state index is 12.2. The molecule has 1 amide bonds. The molecule has 0 fully saturated rings. The summed E-state index contributed by atoms with van der Waals surface area (Å²) in [6.45, 7) is 0.425. The first-order valence-corrected chi connectivity index (χ1v) is 8.46. The van der Waals surface area contributed by atoms with Gasteiger partial charge in [0.05, 0.1) is 10.8 Å². The number of nitrogens with two attached hydrogens (primary N) is 1. The number of carbonyl (C=O) groups excluding carboxylic acids is 1. The number of sulfonamides is 1. The van der Waals surface area contributed by atoms with Crippen LogP contribution in [0.4, 0.5) is 11.4 Å². The van der Waals surface area contributed by atoms with Gasteiger partial charge in [-0.05, 0) is 35.9 Å². The Morgan fingerprint density at radius 1 is 1.13 bits per heavy atom. The lowest BCUT2D eigenvalue weighted by Gasteiger charge is -2.12. The van der Waals surface area contributed by atoms with Crippen LogP contribution in [0.1, 0.15) is 11.5 Å². The average molecular weight is 332 g/mol. The smallest absolute Gasteiger partial charge is 0.257 e. The monoisotopic (exact) mass is 332 g/mol. The largest absolute Gasteiger partial charge is 0.399 e. The van der Waals surface area contributed by atoms with E-state index in [2.05, 4.69) is 15.6 Å². The molecule has 120 valence electrons. The molecule has 1 heterocycles. The normalized spacial score (nSPS) is 16.4. The van der Waals surface area contributed by atoms with Crippen molar-refractivity contribution >= 4 is 27.3 Å². The molecule has 0 saturated carbocycles. The second kappa shape index (κ2) is 5.90. The number of hydrazine groups is 1. The highest BCUT2D eigenvalue weighted by molar-refractivity contribution is 7.89. The van der Waals surface area contributed by atoms with Crippen LogP contribution >= 0.6 is 0 Å². The highest BCUT2D eigenvalue weighted by Gasteiger charge is 2.29. The van der Waals surface area contributed by atoms with E-state index in [0.717, 1.165) is 11.3 Å². The van der Waals surface area contributed by atoms with Gasteiger partial charge in [-0.3, -0.25) is 10.2 Å². The fourth-order valence-electron chi connectivity index (χ4n) is 2.43. The highest BCUT2D eigenvalue weighted by Crippen LogP contribution is 2.30. The number of carbonyl (C=O) groups is 1. The van der Waals surface area contributed by atoms with Gasteiger partial charge in [-0.2, -0.15) is 0 Å². The lowest BCUT2D eigenvalue weighted by atomic mass is 10.0. The second-order valence-corrected chi connectivity index (χ2v) is 6.87. The molecule has 0 spiro atoms. The predicted molar refractivity (Wildman–Crippen MR) is 87.0 cm³/mol. The third kappa shape index (κ3) is 3.13. The topological polar surface area (TPSA) is 113 Å². The van der Waals surface area contributed by atoms with E-state index < -0.39 is 21.8 Å². The lowest BCUT2D eigenvalue weighted by molar-refractivity contribution is -0.122. The number of amides is 1. The van der Waals surface area contributed by atoms with Crippen LogP contribution in [0, 0.1) is 0 Å². The molecule has 0 aromatic heterocycles. The molecular weight excluding hydrogens is 316 g/mol. The van der Waals surface area contributed by atoms with Crippen LogP contribution < -0.4 is 21.3 Å². The summed E-state index contributed by atoms with van der Waals surface area (Å²) in [4.78, 5) is 14.4.